The van der Waals surface area contributed by atoms with Gasteiger partial charge in [-0.15, -0.1) is 0 Å². The van der Waals surface area contributed by atoms with Crippen LogP contribution in [0, 0.1) is 6.92 Å². The predicted molar refractivity (Wildman–Crippen MR) is 99.0 cm³/mol. The van der Waals surface area contributed by atoms with Crippen LogP contribution in [0.1, 0.15) is 39.1 Å². The van der Waals surface area contributed by atoms with Crippen LogP contribution in [0.15, 0.2) is 48.5 Å². The van der Waals surface area contributed by atoms with Crippen LogP contribution in [0.25, 0.3) is 0 Å². The molecular formula is C20H21ClN2O2. The quantitative estimate of drug-likeness (QED) is 0.911. The third-order valence-electron chi connectivity index (χ3n) is 4.50. The Balaban J connectivity index is 1.56. The Morgan fingerprint density at radius 1 is 1.08 bits per heavy atom. The number of likely N-dealkylation sites (tertiary alicyclic amines) is 1. The molecule has 2 aromatic rings. The normalized spacial score (nSPS) is 15.0. The number of nitrogens with zero attached hydrogens (tertiary/aromatic N) is 1. The van der Waals surface area contributed by atoms with E-state index in [4.69, 9.17) is 11.6 Å². The first-order valence-electron chi connectivity index (χ1n) is 8.46. The lowest BCUT2D eigenvalue weighted by Crippen LogP contribution is -2.46. The van der Waals surface area contributed by atoms with E-state index >= 15 is 0 Å². The van der Waals surface area contributed by atoms with E-state index in [9.17, 15) is 9.59 Å². The highest BCUT2D eigenvalue weighted by atomic mass is 35.5. The number of aryl methyl sites for hydroxylation is 1. The Morgan fingerprint density at radius 2 is 1.80 bits per heavy atom. The lowest BCUT2D eigenvalue weighted by molar-refractivity contribution is 0.0698. The molecule has 130 valence electrons. The van der Waals surface area contributed by atoms with Crippen LogP contribution in [0.2, 0.25) is 5.02 Å². The first-order chi connectivity index (χ1) is 12.0. The van der Waals surface area contributed by atoms with Gasteiger partial charge in [0.2, 0.25) is 0 Å². The van der Waals surface area contributed by atoms with Crippen LogP contribution in [-0.4, -0.2) is 35.8 Å². The van der Waals surface area contributed by atoms with Crippen LogP contribution in [0.5, 0.6) is 0 Å². The second kappa shape index (κ2) is 7.70. The summed E-state index contributed by atoms with van der Waals surface area (Å²) >= 11 is 6.11. The summed E-state index contributed by atoms with van der Waals surface area (Å²) in [5.41, 5.74) is 2.27. The van der Waals surface area contributed by atoms with Crippen molar-refractivity contribution in [3.8, 4) is 0 Å². The molecule has 2 amide bonds. The second-order valence-corrected chi connectivity index (χ2v) is 6.80. The maximum atomic E-state index is 12.6. The Labute approximate surface area is 152 Å². The monoisotopic (exact) mass is 356 g/mol. The van der Waals surface area contributed by atoms with E-state index in [1.54, 1.807) is 17.0 Å². The predicted octanol–water partition coefficient (Wildman–Crippen LogP) is 3.68. The molecule has 1 fully saturated rings. The number of hydrogen-bond acceptors (Lipinski definition) is 2. The van der Waals surface area contributed by atoms with Crippen molar-refractivity contribution in [2.75, 3.05) is 13.1 Å². The first-order valence-corrected chi connectivity index (χ1v) is 8.84. The topological polar surface area (TPSA) is 49.4 Å². The molecule has 1 aliphatic rings. The summed E-state index contributed by atoms with van der Waals surface area (Å²) in [7, 11) is 0. The van der Waals surface area contributed by atoms with Gasteiger partial charge in [0.25, 0.3) is 11.8 Å². The van der Waals surface area contributed by atoms with E-state index in [1.807, 2.05) is 43.3 Å². The summed E-state index contributed by atoms with van der Waals surface area (Å²) < 4.78 is 0. The van der Waals surface area contributed by atoms with Gasteiger partial charge in [0.1, 0.15) is 0 Å². The summed E-state index contributed by atoms with van der Waals surface area (Å²) in [6, 6.07) is 14.7. The summed E-state index contributed by atoms with van der Waals surface area (Å²) in [6.45, 7) is 3.20. The summed E-state index contributed by atoms with van der Waals surface area (Å²) in [5.74, 6) is -0.103. The molecule has 0 aromatic heterocycles. The Bertz CT molecular complexity index is 783. The van der Waals surface area contributed by atoms with Gasteiger partial charge in [-0.05, 0) is 44.0 Å². The molecule has 4 nitrogen and oxygen atoms in total. The molecular weight excluding hydrogens is 336 g/mol. The highest BCUT2D eigenvalue weighted by Crippen LogP contribution is 2.20. The molecule has 0 unspecified atom stereocenters. The van der Waals surface area contributed by atoms with Crippen LogP contribution in [0.3, 0.4) is 0 Å². The number of carbonyl (C=O) groups excluding carboxylic acids is 2. The molecule has 0 bridgehead atoms. The zero-order chi connectivity index (χ0) is 17.8. The van der Waals surface area contributed by atoms with Crippen LogP contribution in [0.4, 0.5) is 0 Å². The molecule has 1 N–H and O–H groups in total. The molecule has 0 radical (unpaired) electrons. The molecule has 2 aromatic carbocycles. The number of benzene rings is 2. The maximum Gasteiger partial charge on any atom is 0.255 e. The van der Waals surface area contributed by atoms with Gasteiger partial charge in [-0.1, -0.05) is 41.4 Å². The van der Waals surface area contributed by atoms with Gasteiger partial charge >= 0.3 is 0 Å². The molecule has 5 heteroatoms. The number of piperidine rings is 1. The highest BCUT2D eigenvalue weighted by Gasteiger charge is 2.25. The van der Waals surface area contributed by atoms with E-state index in [1.165, 1.54) is 0 Å². The van der Waals surface area contributed by atoms with E-state index < -0.39 is 0 Å². The Hall–Kier alpha value is -2.33. The number of nitrogens with one attached hydrogen (secondary N) is 1. The highest BCUT2D eigenvalue weighted by molar-refractivity contribution is 6.33. The standard InChI is InChI=1S/C20H21ClN2O2/c1-14-5-4-6-15(13-14)19(24)22-16-9-11-23(12-10-16)20(25)17-7-2-3-8-18(17)21/h2-8,13,16H,9-12H2,1H3,(H,22,24). The molecule has 0 aliphatic carbocycles. The molecule has 1 heterocycles. The van der Waals surface area contributed by atoms with Gasteiger partial charge in [0.15, 0.2) is 0 Å². The van der Waals surface area contributed by atoms with E-state index in [-0.39, 0.29) is 17.9 Å². The molecule has 0 saturated carbocycles. The molecule has 0 atom stereocenters. The second-order valence-electron chi connectivity index (χ2n) is 6.39. The molecule has 1 aliphatic heterocycles. The number of rotatable bonds is 3. The molecule has 0 spiro atoms. The zero-order valence-corrected chi connectivity index (χ0v) is 14.9. The van der Waals surface area contributed by atoms with E-state index in [0.29, 0.717) is 29.2 Å². The lowest BCUT2D eigenvalue weighted by atomic mass is 10.0. The van der Waals surface area contributed by atoms with Crippen molar-refractivity contribution in [3.05, 3.63) is 70.2 Å². The number of halogens is 1. The number of carbonyl (C=O) groups is 2. The van der Waals surface area contributed by atoms with Crippen molar-refractivity contribution in [1.29, 1.82) is 0 Å². The number of hydrogen-bond donors (Lipinski definition) is 1. The van der Waals surface area contributed by atoms with E-state index in [0.717, 1.165) is 18.4 Å². The zero-order valence-electron chi connectivity index (χ0n) is 14.2. The van der Waals surface area contributed by atoms with Gasteiger partial charge in [0.05, 0.1) is 10.6 Å². The van der Waals surface area contributed by atoms with Crippen LogP contribution in [-0.2, 0) is 0 Å². The molecule has 3 rings (SSSR count). The maximum absolute atomic E-state index is 12.6. The Morgan fingerprint density at radius 3 is 2.48 bits per heavy atom. The SMILES string of the molecule is Cc1cccc(C(=O)NC2CCN(C(=O)c3ccccc3Cl)CC2)c1. The van der Waals surface area contributed by atoms with E-state index in [2.05, 4.69) is 5.32 Å². The van der Waals surface area contributed by atoms with Crippen molar-refractivity contribution in [3.63, 3.8) is 0 Å². The van der Waals surface area contributed by atoms with Crippen molar-refractivity contribution in [1.82, 2.24) is 10.2 Å². The average molecular weight is 357 g/mol. The minimum atomic E-state index is -0.0559. The molecule has 1 saturated heterocycles. The minimum absolute atomic E-state index is 0.0472. The summed E-state index contributed by atoms with van der Waals surface area (Å²) in [6.07, 6.45) is 1.49. The third kappa shape index (κ3) is 4.20. The van der Waals surface area contributed by atoms with Crippen LogP contribution >= 0.6 is 11.6 Å². The fourth-order valence-corrected chi connectivity index (χ4v) is 3.30. The number of amides is 2. The van der Waals surface area contributed by atoms with Gasteiger partial charge < -0.3 is 10.2 Å². The third-order valence-corrected chi connectivity index (χ3v) is 4.83. The van der Waals surface area contributed by atoms with Crippen molar-refractivity contribution in [2.24, 2.45) is 0 Å². The molecule has 25 heavy (non-hydrogen) atoms. The first kappa shape index (κ1) is 17.5. The van der Waals surface area contributed by atoms with Gasteiger partial charge in [-0.3, -0.25) is 9.59 Å². The van der Waals surface area contributed by atoms with Gasteiger partial charge in [-0.2, -0.15) is 0 Å². The average Bonchev–Trinajstić information content (AvgIpc) is 2.62. The lowest BCUT2D eigenvalue weighted by Gasteiger charge is -2.32. The fraction of sp³-hybridized carbons (Fsp3) is 0.300. The Kier molecular flexibility index (Phi) is 5.39. The van der Waals surface area contributed by atoms with Gasteiger partial charge in [0, 0.05) is 24.7 Å². The summed E-state index contributed by atoms with van der Waals surface area (Å²) in [5, 5.41) is 3.54. The van der Waals surface area contributed by atoms with Crippen molar-refractivity contribution in [2.45, 2.75) is 25.8 Å². The fourth-order valence-electron chi connectivity index (χ4n) is 3.09. The van der Waals surface area contributed by atoms with Crippen LogP contribution < -0.4 is 5.32 Å². The smallest absolute Gasteiger partial charge is 0.255 e. The largest absolute Gasteiger partial charge is 0.349 e. The summed E-state index contributed by atoms with van der Waals surface area (Å²) in [4.78, 5) is 26.7. The minimum Gasteiger partial charge on any atom is -0.349 e. The van der Waals surface area contributed by atoms with Crippen molar-refractivity contribution >= 4 is 23.4 Å². The van der Waals surface area contributed by atoms with Crippen molar-refractivity contribution < 1.29 is 9.59 Å². The van der Waals surface area contributed by atoms with Gasteiger partial charge in [-0.25, -0.2) is 0 Å².